The van der Waals surface area contributed by atoms with Gasteiger partial charge < -0.3 is 19.9 Å². The average Bonchev–Trinajstić information content (AvgIpc) is 2.94. The molecule has 2 rings (SSSR count). The van der Waals surface area contributed by atoms with E-state index in [0.29, 0.717) is 18.8 Å². The Labute approximate surface area is 128 Å². The van der Waals surface area contributed by atoms with Gasteiger partial charge in [-0.3, -0.25) is 0 Å². The number of urea groups is 1. The van der Waals surface area contributed by atoms with Gasteiger partial charge in [0.2, 0.25) is 0 Å². The lowest BCUT2D eigenvalue weighted by Crippen LogP contribution is -2.31. The van der Waals surface area contributed by atoms with Crippen LogP contribution in [0.3, 0.4) is 0 Å². The first-order valence-electron chi connectivity index (χ1n) is 7.01. The SMILES string of the molecule is CC(C)Oc1ccc(NC(=O)NCCn2ccnc2)c(F)c1. The first kappa shape index (κ1) is 15.8. The fourth-order valence-electron chi connectivity index (χ4n) is 1.83. The number of hydrogen-bond acceptors (Lipinski definition) is 3. The lowest BCUT2D eigenvalue weighted by molar-refractivity contribution is 0.241. The quantitative estimate of drug-likeness (QED) is 0.862. The largest absolute Gasteiger partial charge is 0.491 e. The molecular weight excluding hydrogens is 287 g/mol. The van der Waals surface area contributed by atoms with E-state index in [1.807, 2.05) is 18.4 Å². The van der Waals surface area contributed by atoms with Crippen LogP contribution in [0.25, 0.3) is 0 Å². The van der Waals surface area contributed by atoms with Gasteiger partial charge in [-0.2, -0.15) is 0 Å². The minimum atomic E-state index is -0.539. The summed E-state index contributed by atoms with van der Waals surface area (Å²) in [6.45, 7) is 4.73. The van der Waals surface area contributed by atoms with E-state index in [4.69, 9.17) is 4.74 Å². The zero-order valence-corrected chi connectivity index (χ0v) is 12.5. The van der Waals surface area contributed by atoms with Crippen LogP contribution in [-0.2, 0) is 6.54 Å². The highest BCUT2D eigenvalue weighted by Crippen LogP contribution is 2.21. The summed E-state index contributed by atoms with van der Waals surface area (Å²) in [4.78, 5) is 15.6. The standard InChI is InChI=1S/C15H19FN4O2/c1-11(2)22-12-3-4-14(13(16)9-12)19-15(21)18-6-8-20-7-5-17-10-20/h3-5,7,9-11H,6,8H2,1-2H3,(H2,18,19,21). The van der Waals surface area contributed by atoms with Crippen LogP contribution >= 0.6 is 0 Å². The fraction of sp³-hybridized carbons (Fsp3) is 0.333. The molecule has 118 valence electrons. The topological polar surface area (TPSA) is 68.2 Å². The Morgan fingerprint density at radius 1 is 1.45 bits per heavy atom. The van der Waals surface area contributed by atoms with Crippen LogP contribution < -0.4 is 15.4 Å². The maximum Gasteiger partial charge on any atom is 0.319 e. The third-order valence-electron chi connectivity index (χ3n) is 2.78. The second kappa shape index (κ2) is 7.44. The predicted molar refractivity (Wildman–Crippen MR) is 81.4 cm³/mol. The number of ether oxygens (including phenoxy) is 1. The first-order valence-corrected chi connectivity index (χ1v) is 7.01. The molecule has 0 aliphatic carbocycles. The van der Waals surface area contributed by atoms with Crippen molar-refractivity contribution in [3.05, 3.63) is 42.7 Å². The molecule has 6 nitrogen and oxygen atoms in total. The number of carbonyl (C=O) groups is 1. The van der Waals surface area contributed by atoms with Gasteiger partial charge in [-0.1, -0.05) is 0 Å². The molecule has 0 radical (unpaired) electrons. The van der Waals surface area contributed by atoms with Crippen LogP contribution in [-0.4, -0.2) is 28.2 Å². The Morgan fingerprint density at radius 3 is 2.91 bits per heavy atom. The molecule has 0 atom stereocenters. The number of rotatable bonds is 6. The molecule has 22 heavy (non-hydrogen) atoms. The van der Waals surface area contributed by atoms with Crippen molar-refractivity contribution in [3.8, 4) is 5.75 Å². The summed E-state index contributed by atoms with van der Waals surface area (Å²) in [5, 5.41) is 5.11. The molecule has 0 aliphatic heterocycles. The number of nitrogens with zero attached hydrogens (tertiary/aromatic N) is 2. The second-order valence-corrected chi connectivity index (χ2v) is 4.99. The highest BCUT2D eigenvalue weighted by Gasteiger charge is 2.08. The molecule has 1 aromatic heterocycles. The van der Waals surface area contributed by atoms with Gasteiger partial charge in [-0.05, 0) is 26.0 Å². The Bertz CT molecular complexity index is 614. The van der Waals surface area contributed by atoms with E-state index in [-0.39, 0.29) is 11.8 Å². The first-order chi connectivity index (χ1) is 10.5. The van der Waals surface area contributed by atoms with Crippen molar-refractivity contribution in [2.24, 2.45) is 0 Å². The average molecular weight is 306 g/mol. The number of anilines is 1. The molecule has 0 spiro atoms. The number of halogens is 1. The molecule has 2 amide bonds. The second-order valence-electron chi connectivity index (χ2n) is 4.99. The van der Waals surface area contributed by atoms with E-state index in [1.54, 1.807) is 24.8 Å². The van der Waals surface area contributed by atoms with Crippen molar-refractivity contribution in [1.29, 1.82) is 0 Å². The van der Waals surface area contributed by atoms with Gasteiger partial charge in [-0.15, -0.1) is 0 Å². The van der Waals surface area contributed by atoms with Crippen LogP contribution in [0.15, 0.2) is 36.9 Å². The molecular formula is C15H19FN4O2. The van der Waals surface area contributed by atoms with Gasteiger partial charge in [0, 0.05) is 31.5 Å². The summed E-state index contributed by atoms with van der Waals surface area (Å²) >= 11 is 0. The maximum atomic E-state index is 13.9. The van der Waals surface area contributed by atoms with Crippen molar-refractivity contribution < 1.29 is 13.9 Å². The third kappa shape index (κ3) is 4.76. The molecule has 0 unspecified atom stereocenters. The van der Waals surface area contributed by atoms with E-state index in [0.717, 1.165) is 0 Å². The van der Waals surface area contributed by atoms with Crippen LogP contribution in [0.1, 0.15) is 13.8 Å². The molecule has 0 saturated carbocycles. The summed E-state index contributed by atoms with van der Waals surface area (Å²) in [5.74, 6) is -0.110. The Kier molecular flexibility index (Phi) is 5.35. The van der Waals surface area contributed by atoms with Crippen molar-refractivity contribution in [1.82, 2.24) is 14.9 Å². The molecule has 1 aromatic carbocycles. The molecule has 0 aliphatic rings. The molecule has 1 heterocycles. The highest BCUT2D eigenvalue weighted by atomic mass is 19.1. The summed E-state index contributed by atoms with van der Waals surface area (Å²) in [7, 11) is 0. The lowest BCUT2D eigenvalue weighted by Gasteiger charge is -2.12. The number of imidazole rings is 1. The van der Waals surface area contributed by atoms with Crippen LogP contribution in [0.4, 0.5) is 14.9 Å². The predicted octanol–water partition coefficient (Wildman–Crippen LogP) is 2.63. The minimum absolute atomic E-state index is 0.0373. The maximum absolute atomic E-state index is 13.9. The zero-order chi connectivity index (χ0) is 15.9. The summed E-state index contributed by atoms with van der Waals surface area (Å²) in [6, 6.07) is 3.88. The summed E-state index contributed by atoms with van der Waals surface area (Å²) in [6.07, 6.45) is 5.08. The lowest BCUT2D eigenvalue weighted by atomic mass is 10.3. The Hall–Kier alpha value is -2.57. The van der Waals surface area contributed by atoms with Crippen molar-refractivity contribution in [3.63, 3.8) is 0 Å². The molecule has 2 aromatic rings. The van der Waals surface area contributed by atoms with Crippen molar-refractivity contribution >= 4 is 11.7 Å². The molecule has 2 N–H and O–H groups in total. The van der Waals surface area contributed by atoms with Gasteiger partial charge in [0.25, 0.3) is 0 Å². The summed E-state index contributed by atoms with van der Waals surface area (Å²) in [5.41, 5.74) is 0.108. The molecule has 0 saturated heterocycles. The van der Waals surface area contributed by atoms with E-state index in [9.17, 15) is 9.18 Å². The number of amides is 2. The zero-order valence-electron chi connectivity index (χ0n) is 12.5. The Balaban J connectivity index is 1.83. The van der Waals surface area contributed by atoms with Crippen molar-refractivity contribution in [2.45, 2.75) is 26.5 Å². The van der Waals surface area contributed by atoms with Gasteiger partial charge in [0.1, 0.15) is 11.6 Å². The van der Waals surface area contributed by atoms with Gasteiger partial charge in [0.05, 0.1) is 18.1 Å². The highest BCUT2D eigenvalue weighted by molar-refractivity contribution is 5.89. The smallest absolute Gasteiger partial charge is 0.319 e. The monoisotopic (exact) mass is 306 g/mol. The molecule has 7 heteroatoms. The van der Waals surface area contributed by atoms with Gasteiger partial charge in [0.15, 0.2) is 0 Å². The van der Waals surface area contributed by atoms with Gasteiger partial charge >= 0.3 is 6.03 Å². The third-order valence-corrected chi connectivity index (χ3v) is 2.78. The summed E-state index contributed by atoms with van der Waals surface area (Å²) < 4.78 is 21.1. The number of aromatic nitrogens is 2. The van der Waals surface area contributed by atoms with Crippen LogP contribution in [0.2, 0.25) is 0 Å². The normalized spacial score (nSPS) is 10.5. The Morgan fingerprint density at radius 2 is 2.27 bits per heavy atom. The number of benzene rings is 1. The van der Waals surface area contributed by atoms with Crippen LogP contribution in [0.5, 0.6) is 5.75 Å². The number of nitrogens with one attached hydrogen (secondary N) is 2. The van der Waals surface area contributed by atoms with E-state index < -0.39 is 11.8 Å². The van der Waals surface area contributed by atoms with Gasteiger partial charge in [-0.25, -0.2) is 14.2 Å². The van der Waals surface area contributed by atoms with Crippen molar-refractivity contribution in [2.75, 3.05) is 11.9 Å². The molecule has 0 bridgehead atoms. The van der Waals surface area contributed by atoms with E-state index >= 15 is 0 Å². The minimum Gasteiger partial charge on any atom is -0.491 e. The number of hydrogen-bond donors (Lipinski definition) is 2. The number of carbonyl (C=O) groups excluding carboxylic acids is 1. The van der Waals surface area contributed by atoms with E-state index in [1.165, 1.54) is 12.1 Å². The molecule has 0 fully saturated rings. The fourth-order valence-corrected chi connectivity index (χ4v) is 1.83. The van der Waals surface area contributed by atoms with E-state index in [2.05, 4.69) is 15.6 Å². The van der Waals surface area contributed by atoms with Crippen LogP contribution in [0, 0.1) is 5.82 Å².